The summed E-state index contributed by atoms with van der Waals surface area (Å²) in [5, 5.41) is 7.71. The third-order valence-electron chi connectivity index (χ3n) is 2.65. The molecule has 0 spiro atoms. The maximum Gasteiger partial charge on any atom is 0.0522 e. The quantitative estimate of drug-likeness (QED) is 0.737. The number of nitrogens with zero attached hydrogens (tertiary/aromatic N) is 2. The number of aryl methyl sites for hydroxylation is 1. The Morgan fingerprint density at radius 2 is 2.54 bits per heavy atom. The molecule has 1 fully saturated rings. The van der Waals surface area contributed by atoms with Crippen LogP contribution in [0, 0.1) is 0 Å². The summed E-state index contributed by atoms with van der Waals surface area (Å²) in [5.74, 6) is 0. The van der Waals surface area contributed by atoms with E-state index in [0.29, 0.717) is 6.04 Å². The van der Waals surface area contributed by atoms with Crippen LogP contribution in [0.25, 0.3) is 0 Å². The van der Waals surface area contributed by atoms with E-state index >= 15 is 0 Å². The molecule has 0 bridgehead atoms. The zero-order valence-corrected chi connectivity index (χ0v) is 8.16. The van der Waals surface area contributed by atoms with Gasteiger partial charge in [-0.15, -0.1) is 0 Å². The van der Waals surface area contributed by atoms with Crippen LogP contribution in [0.3, 0.4) is 0 Å². The van der Waals surface area contributed by atoms with Crippen LogP contribution in [-0.4, -0.2) is 22.4 Å². The third-order valence-corrected chi connectivity index (χ3v) is 2.65. The monoisotopic (exact) mass is 179 g/mol. The Morgan fingerprint density at radius 3 is 3.15 bits per heavy atom. The van der Waals surface area contributed by atoms with Crippen LogP contribution in [-0.2, 0) is 13.5 Å². The third kappa shape index (κ3) is 2.31. The van der Waals surface area contributed by atoms with E-state index in [1.807, 2.05) is 17.9 Å². The summed E-state index contributed by atoms with van der Waals surface area (Å²) < 4.78 is 1.87. The van der Waals surface area contributed by atoms with Crippen LogP contribution < -0.4 is 5.32 Å². The summed E-state index contributed by atoms with van der Waals surface area (Å²) in [6.45, 7) is 1.19. The van der Waals surface area contributed by atoms with Gasteiger partial charge in [0.05, 0.1) is 6.20 Å². The minimum Gasteiger partial charge on any atom is -0.314 e. The molecule has 72 valence electrons. The number of hydrogen-bond donors (Lipinski definition) is 1. The zero-order valence-electron chi connectivity index (χ0n) is 8.16. The largest absolute Gasteiger partial charge is 0.314 e. The smallest absolute Gasteiger partial charge is 0.0522 e. The highest BCUT2D eigenvalue weighted by Gasteiger charge is 2.13. The summed E-state index contributed by atoms with van der Waals surface area (Å²) in [6.07, 6.45) is 9.23. The lowest BCUT2D eigenvalue weighted by molar-refractivity contribution is 0.399. The van der Waals surface area contributed by atoms with Crippen molar-refractivity contribution in [2.45, 2.75) is 31.7 Å². The summed E-state index contributed by atoms with van der Waals surface area (Å²) in [5.41, 5.74) is 1.35. The maximum atomic E-state index is 4.17. The molecule has 0 amide bonds. The van der Waals surface area contributed by atoms with Crippen LogP contribution in [0.4, 0.5) is 0 Å². The lowest BCUT2D eigenvalue weighted by Gasteiger charge is -2.22. The number of aromatic nitrogens is 2. The Bertz CT molecular complexity index is 261. The first-order valence-corrected chi connectivity index (χ1v) is 5.05. The summed E-state index contributed by atoms with van der Waals surface area (Å²) in [6, 6.07) is 0.679. The van der Waals surface area contributed by atoms with E-state index in [1.54, 1.807) is 0 Å². The first-order chi connectivity index (χ1) is 6.34. The second kappa shape index (κ2) is 3.92. The molecule has 3 heteroatoms. The highest BCUT2D eigenvalue weighted by Crippen LogP contribution is 2.11. The second-order valence-electron chi connectivity index (χ2n) is 3.87. The van der Waals surface area contributed by atoms with Gasteiger partial charge in [0, 0.05) is 19.3 Å². The van der Waals surface area contributed by atoms with Crippen LogP contribution in [0.2, 0.25) is 0 Å². The van der Waals surface area contributed by atoms with Gasteiger partial charge in [-0.1, -0.05) is 6.42 Å². The van der Waals surface area contributed by atoms with Crippen LogP contribution in [0.1, 0.15) is 24.8 Å². The van der Waals surface area contributed by atoms with E-state index in [-0.39, 0.29) is 0 Å². The number of piperidine rings is 1. The van der Waals surface area contributed by atoms with E-state index in [2.05, 4.69) is 16.6 Å². The molecular formula is C10H17N3. The molecule has 1 aliphatic heterocycles. The van der Waals surface area contributed by atoms with Gasteiger partial charge >= 0.3 is 0 Å². The lowest BCUT2D eigenvalue weighted by Crippen LogP contribution is -2.35. The summed E-state index contributed by atoms with van der Waals surface area (Å²) in [7, 11) is 1.97. The van der Waals surface area contributed by atoms with Gasteiger partial charge in [0.25, 0.3) is 0 Å². The van der Waals surface area contributed by atoms with Gasteiger partial charge in [0.1, 0.15) is 0 Å². The van der Waals surface area contributed by atoms with Crippen molar-refractivity contribution in [3.63, 3.8) is 0 Å². The standard InChI is InChI=1S/C10H17N3/c1-13-8-9(7-12-13)6-10-4-2-3-5-11-10/h7-8,10-11H,2-6H2,1H3. The van der Waals surface area contributed by atoms with Crippen molar-refractivity contribution < 1.29 is 0 Å². The van der Waals surface area contributed by atoms with Crippen molar-refractivity contribution in [2.24, 2.45) is 7.05 Å². The normalized spacial score (nSPS) is 23.3. The summed E-state index contributed by atoms with van der Waals surface area (Å²) in [4.78, 5) is 0. The van der Waals surface area contributed by atoms with Gasteiger partial charge in [0.15, 0.2) is 0 Å². The van der Waals surface area contributed by atoms with E-state index in [1.165, 1.54) is 31.4 Å². The molecule has 1 unspecified atom stereocenters. The van der Waals surface area contributed by atoms with Crippen LogP contribution in [0.5, 0.6) is 0 Å². The minimum atomic E-state index is 0.679. The predicted octanol–water partition coefficient (Wildman–Crippen LogP) is 1.10. The molecule has 1 N–H and O–H groups in total. The minimum absolute atomic E-state index is 0.679. The van der Waals surface area contributed by atoms with E-state index in [0.717, 1.165) is 6.42 Å². The van der Waals surface area contributed by atoms with E-state index in [9.17, 15) is 0 Å². The zero-order chi connectivity index (χ0) is 9.10. The van der Waals surface area contributed by atoms with Gasteiger partial charge < -0.3 is 5.32 Å². The molecule has 2 heterocycles. The molecule has 2 rings (SSSR count). The van der Waals surface area contributed by atoms with E-state index in [4.69, 9.17) is 0 Å². The molecule has 1 atom stereocenters. The van der Waals surface area contributed by atoms with Gasteiger partial charge in [0.2, 0.25) is 0 Å². The number of nitrogens with one attached hydrogen (secondary N) is 1. The SMILES string of the molecule is Cn1cc(CC2CCCCN2)cn1. The molecule has 0 aromatic carbocycles. The summed E-state index contributed by atoms with van der Waals surface area (Å²) >= 11 is 0. The molecular weight excluding hydrogens is 162 g/mol. The molecule has 1 saturated heterocycles. The molecule has 0 saturated carbocycles. The molecule has 3 nitrogen and oxygen atoms in total. The van der Waals surface area contributed by atoms with Crippen molar-refractivity contribution >= 4 is 0 Å². The molecule has 1 aromatic heterocycles. The fourth-order valence-corrected chi connectivity index (χ4v) is 1.96. The van der Waals surface area contributed by atoms with Crippen LogP contribution >= 0.6 is 0 Å². The predicted molar refractivity (Wildman–Crippen MR) is 52.6 cm³/mol. The molecule has 0 radical (unpaired) electrons. The Kier molecular flexibility index (Phi) is 2.64. The molecule has 0 aliphatic carbocycles. The Morgan fingerprint density at radius 1 is 1.62 bits per heavy atom. The fraction of sp³-hybridized carbons (Fsp3) is 0.700. The number of hydrogen-bond acceptors (Lipinski definition) is 2. The first-order valence-electron chi connectivity index (χ1n) is 5.05. The Hall–Kier alpha value is -0.830. The Labute approximate surface area is 79.1 Å². The molecule has 13 heavy (non-hydrogen) atoms. The van der Waals surface area contributed by atoms with Gasteiger partial charge in [-0.3, -0.25) is 4.68 Å². The van der Waals surface area contributed by atoms with Gasteiger partial charge in [-0.25, -0.2) is 0 Å². The van der Waals surface area contributed by atoms with E-state index < -0.39 is 0 Å². The van der Waals surface area contributed by atoms with Gasteiger partial charge in [-0.2, -0.15) is 5.10 Å². The van der Waals surface area contributed by atoms with Crippen molar-refractivity contribution in [3.8, 4) is 0 Å². The van der Waals surface area contributed by atoms with Crippen LogP contribution in [0.15, 0.2) is 12.4 Å². The maximum absolute atomic E-state index is 4.17. The van der Waals surface area contributed by atoms with Crippen molar-refractivity contribution in [1.82, 2.24) is 15.1 Å². The molecule has 1 aromatic rings. The average molecular weight is 179 g/mol. The second-order valence-corrected chi connectivity index (χ2v) is 3.87. The Balaban J connectivity index is 1.89. The highest BCUT2D eigenvalue weighted by molar-refractivity contribution is 5.06. The van der Waals surface area contributed by atoms with Gasteiger partial charge in [-0.05, 0) is 31.4 Å². The van der Waals surface area contributed by atoms with Crippen molar-refractivity contribution in [1.29, 1.82) is 0 Å². The highest BCUT2D eigenvalue weighted by atomic mass is 15.2. The topological polar surface area (TPSA) is 29.9 Å². The van der Waals surface area contributed by atoms with Crippen molar-refractivity contribution in [2.75, 3.05) is 6.54 Å². The first kappa shape index (κ1) is 8.75. The fourth-order valence-electron chi connectivity index (χ4n) is 1.96. The van der Waals surface area contributed by atoms with Crippen molar-refractivity contribution in [3.05, 3.63) is 18.0 Å². The number of rotatable bonds is 2. The average Bonchev–Trinajstić information content (AvgIpc) is 2.53. The lowest BCUT2D eigenvalue weighted by atomic mass is 10.00. The molecule has 1 aliphatic rings.